The Bertz CT molecular complexity index is 436. The fraction of sp³-hybridized carbons (Fsp3) is 0.500. The van der Waals surface area contributed by atoms with Gasteiger partial charge in [-0.15, -0.1) is 0 Å². The number of nitrogens with one attached hydrogen (secondary N) is 2. The maximum Gasteiger partial charge on any atom is 0.281 e. The minimum atomic E-state index is -2.86. The zero-order valence-corrected chi connectivity index (χ0v) is 10.8. The molecule has 2 unspecified atom stereocenters. The SMILES string of the molecule is CC(CC(=O)NC1CNCC1(F)F)c1ccccc1. The average Bonchev–Trinajstić information content (AvgIpc) is 2.69. The number of carbonyl (C=O) groups is 1. The van der Waals surface area contributed by atoms with Gasteiger partial charge >= 0.3 is 0 Å². The van der Waals surface area contributed by atoms with Crippen LogP contribution in [0.4, 0.5) is 8.78 Å². The summed E-state index contributed by atoms with van der Waals surface area (Å²) in [7, 11) is 0. The summed E-state index contributed by atoms with van der Waals surface area (Å²) in [5.74, 6) is -3.17. The Labute approximate surface area is 111 Å². The monoisotopic (exact) mass is 268 g/mol. The Morgan fingerprint density at radius 1 is 1.47 bits per heavy atom. The van der Waals surface area contributed by atoms with Gasteiger partial charge in [0.15, 0.2) is 0 Å². The molecule has 1 aromatic carbocycles. The number of carbonyl (C=O) groups excluding carboxylic acids is 1. The number of halogens is 2. The minimum Gasteiger partial charge on any atom is -0.346 e. The highest BCUT2D eigenvalue weighted by atomic mass is 19.3. The lowest BCUT2D eigenvalue weighted by Gasteiger charge is -2.20. The van der Waals surface area contributed by atoms with Gasteiger partial charge in [-0.05, 0) is 11.5 Å². The van der Waals surface area contributed by atoms with E-state index in [2.05, 4.69) is 10.6 Å². The van der Waals surface area contributed by atoms with Gasteiger partial charge in [0.25, 0.3) is 5.92 Å². The van der Waals surface area contributed by atoms with Crippen LogP contribution in [0.15, 0.2) is 30.3 Å². The molecule has 1 aromatic rings. The first-order valence-electron chi connectivity index (χ1n) is 6.42. The van der Waals surface area contributed by atoms with Crippen LogP contribution in [0, 0.1) is 0 Å². The van der Waals surface area contributed by atoms with E-state index < -0.39 is 12.0 Å². The van der Waals surface area contributed by atoms with Crippen LogP contribution in [-0.2, 0) is 4.79 Å². The van der Waals surface area contributed by atoms with Gasteiger partial charge in [0.1, 0.15) is 6.04 Å². The number of benzene rings is 1. The standard InChI is InChI=1S/C14H18F2N2O/c1-10(11-5-3-2-4-6-11)7-13(19)18-12-8-17-9-14(12,15)16/h2-6,10,12,17H,7-9H2,1H3,(H,18,19). The van der Waals surface area contributed by atoms with Crippen LogP contribution >= 0.6 is 0 Å². The lowest BCUT2D eigenvalue weighted by Crippen LogP contribution is -2.46. The van der Waals surface area contributed by atoms with Crippen LogP contribution in [0.5, 0.6) is 0 Å². The van der Waals surface area contributed by atoms with Crippen LogP contribution in [0.2, 0.25) is 0 Å². The van der Waals surface area contributed by atoms with Crippen LogP contribution in [-0.4, -0.2) is 31.0 Å². The highest BCUT2D eigenvalue weighted by Gasteiger charge is 2.44. The summed E-state index contributed by atoms with van der Waals surface area (Å²) in [6.07, 6.45) is 0.219. The molecule has 104 valence electrons. The maximum atomic E-state index is 13.4. The number of hydrogen-bond donors (Lipinski definition) is 2. The largest absolute Gasteiger partial charge is 0.346 e. The molecule has 1 fully saturated rings. The highest BCUT2D eigenvalue weighted by Crippen LogP contribution is 2.23. The van der Waals surface area contributed by atoms with Gasteiger partial charge in [-0.2, -0.15) is 0 Å². The quantitative estimate of drug-likeness (QED) is 0.875. The molecule has 2 atom stereocenters. The van der Waals surface area contributed by atoms with E-state index in [9.17, 15) is 13.6 Å². The Kier molecular flexibility index (Phi) is 4.14. The third-order valence-corrected chi connectivity index (χ3v) is 3.41. The highest BCUT2D eigenvalue weighted by molar-refractivity contribution is 5.77. The van der Waals surface area contributed by atoms with Crippen molar-refractivity contribution in [3.63, 3.8) is 0 Å². The van der Waals surface area contributed by atoms with E-state index >= 15 is 0 Å². The zero-order chi connectivity index (χ0) is 13.9. The van der Waals surface area contributed by atoms with E-state index in [1.807, 2.05) is 37.3 Å². The number of hydrogen-bond acceptors (Lipinski definition) is 2. The van der Waals surface area contributed by atoms with Crippen LogP contribution in [0.1, 0.15) is 24.8 Å². The molecule has 19 heavy (non-hydrogen) atoms. The number of amides is 1. The summed E-state index contributed by atoms with van der Waals surface area (Å²) in [6.45, 7) is 1.67. The molecule has 0 bridgehead atoms. The van der Waals surface area contributed by atoms with Crippen molar-refractivity contribution in [1.29, 1.82) is 0 Å². The van der Waals surface area contributed by atoms with Crippen LogP contribution in [0.3, 0.4) is 0 Å². The average molecular weight is 268 g/mol. The van der Waals surface area contributed by atoms with Gasteiger partial charge in [0.05, 0.1) is 6.54 Å². The lowest BCUT2D eigenvalue weighted by molar-refractivity contribution is -0.124. The van der Waals surface area contributed by atoms with Crippen LogP contribution < -0.4 is 10.6 Å². The molecule has 1 heterocycles. The van der Waals surface area contributed by atoms with E-state index in [0.717, 1.165) is 5.56 Å². The van der Waals surface area contributed by atoms with Crippen molar-refractivity contribution in [2.24, 2.45) is 0 Å². The molecule has 1 saturated heterocycles. The Morgan fingerprint density at radius 3 is 2.74 bits per heavy atom. The Balaban J connectivity index is 1.88. The van der Waals surface area contributed by atoms with Gasteiger partial charge in [-0.25, -0.2) is 8.78 Å². The smallest absolute Gasteiger partial charge is 0.281 e. The normalized spacial score (nSPS) is 23.0. The van der Waals surface area contributed by atoms with E-state index in [0.29, 0.717) is 0 Å². The van der Waals surface area contributed by atoms with Crippen molar-refractivity contribution in [2.75, 3.05) is 13.1 Å². The first-order valence-corrected chi connectivity index (χ1v) is 6.42. The van der Waals surface area contributed by atoms with Crippen molar-refractivity contribution < 1.29 is 13.6 Å². The van der Waals surface area contributed by atoms with E-state index in [1.54, 1.807) is 0 Å². The molecule has 0 aliphatic carbocycles. The predicted molar refractivity (Wildman–Crippen MR) is 69.2 cm³/mol. The van der Waals surface area contributed by atoms with Crippen molar-refractivity contribution in [3.8, 4) is 0 Å². The van der Waals surface area contributed by atoms with Crippen molar-refractivity contribution >= 4 is 5.91 Å². The molecule has 1 amide bonds. The molecule has 0 saturated carbocycles. The first kappa shape index (κ1) is 13.9. The summed E-state index contributed by atoms with van der Waals surface area (Å²) < 4.78 is 26.7. The van der Waals surface area contributed by atoms with Gasteiger partial charge < -0.3 is 10.6 Å². The zero-order valence-electron chi connectivity index (χ0n) is 10.8. The Hall–Kier alpha value is -1.49. The summed E-state index contributed by atoms with van der Waals surface area (Å²) in [6, 6.07) is 8.48. The fourth-order valence-corrected chi connectivity index (χ4v) is 2.24. The van der Waals surface area contributed by atoms with Gasteiger partial charge in [-0.3, -0.25) is 4.79 Å². The number of rotatable bonds is 4. The second-order valence-corrected chi connectivity index (χ2v) is 5.03. The Morgan fingerprint density at radius 2 is 2.16 bits per heavy atom. The van der Waals surface area contributed by atoms with Gasteiger partial charge in [-0.1, -0.05) is 37.3 Å². The predicted octanol–water partition coefficient (Wildman–Crippen LogP) is 1.90. The second kappa shape index (κ2) is 5.65. The summed E-state index contributed by atoms with van der Waals surface area (Å²) in [5, 5.41) is 5.01. The topological polar surface area (TPSA) is 41.1 Å². The third kappa shape index (κ3) is 3.50. The van der Waals surface area contributed by atoms with Gasteiger partial charge in [0, 0.05) is 13.0 Å². The molecule has 5 heteroatoms. The summed E-state index contributed by atoms with van der Waals surface area (Å²) in [4.78, 5) is 11.8. The van der Waals surface area contributed by atoms with Crippen molar-refractivity contribution in [3.05, 3.63) is 35.9 Å². The fourth-order valence-electron chi connectivity index (χ4n) is 2.24. The molecule has 1 aliphatic rings. The van der Waals surface area contributed by atoms with E-state index in [1.165, 1.54) is 0 Å². The van der Waals surface area contributed by atoms with Crippen molar-refractivity contribution in [1.82, 2.24) is 10.6 Å². The molecular weight excluding hydrogens is 250 g/mol. The molecule has 2 N–H and O–H groups in total. The molecule has 0 aromatic heterocycles. The summed E-state index contributed by atoms with van der Waals surface area (Å²) >= 11 is 0. The lowest BCUT2D eigenvalue weighted by atomic mass is 9.97. The molecule has 0 radical (unpaired) electrons. The van der Waals surface area contributed by atoms with E-state index in [4.69, 9.17) is 0 Å². The first-order chi connectivity index (χ1) is 8.99. The van der Waals surface area contributed by atoms with Crippen molar-refractivity contribution in [2.45, 2.75) is 31.2 Å². The molecule has 0 spiro atoms. The third-order valence-electron chi connectivity index (χ3n) is 3.41. The summed E-state index contributed by atoms with van der Waals surface area (Å²) in [5.41, 5.74) is 1.04. The maximum absolute atomic E-state index is 13.4. The van der Waals surface area contributed by atoms with Crippen LogP contribution in [0.25, 0.3) is 0 Å². The molecule has 3 nitrogen and oxygen atoms in total. The number of alkyl halides is 2. The molecule has 2 rings (SSSR count). The molecule has 1 aliphatic heterocycles. The molecular formula is C14H18F2N2O. The minimum absolute atomic E-state index is 0.0178. The second-order valence-electron chi connectivity index (χ2n) is 5.03. The van der Waals surface area contributed by atoms with Gasteiger partial charge in [0.2, 0.25) is 5.91 Å². The van der Waals surface area contributed by atoms with E-state index in [-0.39, 0.29) is 31.3 Å².